The van der Waals surface area contributed by atoms with E-state index in [-0.39, 0.29) is 0 Å². The third kappa shape index (κ3) is 2.11. The van der Waals surface area contributed by atoms with E-state index in [4.69, 9.17) is 27.9 Å². The average Bonchev–Trinajstić information content (AvgIpc) is 2.32. The van der Waals surface area contributed by atoms with Gasteiger partial charge in [-0.15, -0.1) is 0 Å². The van der Waals surface area contributed by atoms with Crippen LogP contribution in [-0.4, -0.2) is 5.94 Å². The Hall–Kier alpha value is 1.28. The molecule has 0 N–H and O–H groups in total. The Labute approximate surface area is 92.7 Å². The van der Waals surface area contributed by atoms with Gasteiger partial charge in [0.2, 0.25) is 0 Å². The van der Waals surface area contributed by atoms with Crippen LogP contribution in [0.1, 0.15) is 6.42 Å². The molecule has 0 nitrogen and oxygen atoms in total. The van der Waals surface area contributed by atoms with E-state index < -0.39 is 17.3 Å². The summed E-state index contributed by atoms with van der Waals surface area (Å²) in [6.07, 6.45) is 6.90. The molecule has 5 heteroatoms. The molecule has 0 saturated carbocycles. The molecule has 0 heterocycles. The summed E-state index contributed by atoms with van der Waals surface area (Å²) in [5.41, 5.74) is 0. The van der Waals surface area contributed by atoms with Crippen molar-refractivity contribution in [2.45, 2.75) is 26.1 Å². The molecular weight excluding hydrogens is 278 g/mol. The van der Waals surface area contributed by atoms with Crippen LogP contribution in [0.4, 0.5) is 0 Å². The fraction of sp³-hybridized carbons (Fsp3) is 0.500. The van der Waals surface area contributed by atoms with E-state index in [1.54, 1.807) is 0 Å². The van der Waals surface area contributed by atoms with Crippen LogP contribution in [0, 0.1) is 0 Å². The second-order valence-electron chi connectivity index (χ2n) is 4.48. The van der Waals surface area contributed by atoms with E-state index >= 15 is 0 Å². The SMILES string of the molecule is C[Si](C)(C)[Ti]([Cl])([Cl])([Cl])[C]1=CC=CC1. The van der Waals surface area contributed by atoms with Crippen LogP contribution in [0.2, 0.25) is 19.6 Å². The van der Waals surface area contributed by atoms with Gasteiger partial charge in [0.25, 0.3) is 0 Å². The van der Waals surface area contributed by atoms with E-state index in [0.29, 0.717) is 0 Å². The molecule has 1 aliphatic carbocycles. The monoisotopic (exact) mass is 291 g/mol. The van der Waals surface area contributed by atoms with Crippen LogP contribution in [-0.2, 0) is 11.4 Å². The summed E-state index contributed by atoms with van der Waals surface area (Å²) >= 11 is -3.81. The molecule has 0 aromatic carbocycles. The molecule has 0 spiro atoms. The summed E-state index contributed by atoms with van der Waals surface area (Å²) in [7, 11) is 19.6. The van der Waals surface area contributed by atoms with Crippen molar-refractivity contribution in [1.29, 1.82) is 0 Å². The Bertz CT molecular complexity index is 280. The fourth-order valence-electron chi connectivity index (χ4n) is 1.23. The number of rotatable bonds is 2. The quantitative estimate of drug-likeness (QED) is 0.640. The second-order valence-corrected chi connectivity index (χ2v) is 39.6. The standard InChI is InChI=1S/C5H5.C3H9Si.3ClH.Ti/c1-2-4-5-3-1;1-4(2)3;;;;/h1-3H,4H2;1-3H3;3*1H;/q;;;;;+3/p-3. The number of hydrogen-bond acceptors (Lipinski definition) is 0. The van der Waals surface area contributed by atoms with Gasteiger partial charge in [-0.1, -0.05) is 0 Å². The van der Waals surface area contributed by atoms with Crippen molar-refractivity contribution in [3.05, 3.63) is 22.1 Å². The van der Waals surface area contributed by atoms with E-state index in [9.17, 15) is 0 Å². The van der Waals surface area contributed by atoms with Gasteiger partial charge in [-0.2, -0.15) is 0 Å². The van der Waals surface area contributed by atoms with Crippen LogP contribution in [0.25, 0.3) is 0 Å². The Morgan fingerprint density at radius 3 is 2.08 bits per heavy atom. The van der Waals surface area contributed by atoms with Gasteiger partial charge in [-0.25, -0.2) is 0 Å². The zero-order chi connectivity index (χ0) is 10.4. The molecule has 0 aromatic rings. The first kappa shape index (κ1) is 12.4. The van der Waals surface area contributed by atoms with Crippen molar-refractivity contribution in [2.75, 3.05) is 0 Å². The summed E-state index contributed by atoms with van der Waals surface area (Å²) in [4.78, 5) is 0. The van der Waals surface area contributed by atoms with Crippen LogP contribution in [0.15, 0.2) is 22.1 Å². The maximum absolute atomic E-state index is 6.55. The van der Waals surface area contributed by atoms with Gasteiger partial charge < -0.3 is 0 Å². The molecular formula is C8H14Cl3SiTi. The first-order chi connectivity index (χ1) is 5.64. The molecule has 0 aromatic heterocycles. The van der Waals surface area contributed by atoms with Crippen molar-refractivity contribution in [3.63, 3.8) is 0 Å². The molecule has 1 rings (SSSR count). The van der Waals surface area contributed by atoms with Crippen molar-refractivity contribution in [3.8, 4) is 0 Å². The molecule has 0 bridgehead atoms. The zero-order valence-electron chi connectivity index (χ0n) is 8.07. The van der Waals surface area contributed by atoms with Gasteiger partial charge in [0.05, 0.1) is 0 Å². The Balaban J connectivity index is 3.11. The van der Waals surface area contributed by atoms with Gasteiger partial charge >= 0.3 is 93.4 Å². The van der Waals surface area contributed by atoms with E-state index in [1.165, 1.54) is 0 Å². The molecule has 0 radical (unpaired) electrons. The molecule has 0 fully saturated rings. The first-order valence-corrected chi connectivity index (χ1v) is 17.4. The molecule has 0 unspecified atom stereocenters. The molecule has 75 valence electrons. The number of halogens is 3. The Kier molecular flexibility index (Phi) is 3.23. The molecule has 0 saturated heterocycles. The van der Waals surface area contributed by atoms with Crippen molar-refractivity contribution in [1.82, 2.24) is 0 Å². The third-order valence-corrected chi connectivity index (χ3v) is 44.0. The third-order valence-electron chi connectivity index (χ3n) is 2.52. The Morgan fingerprint density at radius 1 is 1.23 bits per heavy atom. The summed E-state index contributed by atoms with van der Waals surface area (Å²) < 4.78 is 1.10. The van der Waals surface area contributed by atoms with E-state index in [0.717, 1.165) is 10.3 Å². The molecule has 13 heavy (non-hydrogen) atoms. The predicted molar refractivity (Wildman–Crippen MR) is 62.7 cm³/mol. The van der Waals surface area contributed by atoms with E-state index in [2.05, 4.69) is 25.7 Å². The Morgan fingerprint density at radius 2 is 1.77 bits per heavy atom. The summed E-state index contributed by atoms with van der Waals surface area (Å²) in [5.74, 6) is -1.69. The van der Waals surface area contributed by atoms with Crippen molar-refractivity contribution in [2.24, 2.45) is 0 Å². The normalized spacial score (nSPS) is 21.1. The fourth-order valence-corrected chi connectivity index (χ4v) is 10.5. The van der Waals surface area contributed by atoms with Crippen molar-refractivity contribution >= 4 is 33.9 Å². The average molecular weight is 293 g/mol. The summed E-state index contributed by atoms with van der Waals surface area (Å²) in [6, 6.07) is 0. The van der Waals surface area contributed by atoms with Crippen LogP contribution in [0.5, 0.6) is 0 Å². The summed E-state index contributed by atoms with van der Waals surface area (Å²) in [5, 5.41) is 0. The molecule has 1 aliphatic rings. The van der Waals surface area contributed by atoms with Gasteiger partial charge in [0.15, 0.2) is 0 Å². The minimum absolute atomic E-state index is 0.845. The number of allylic oxidation sites excluding steroid dienone is 4. The topological polar surface area (TPSA) is 0 Å². The van der Waals surface area contributed by atoms with Gasteiger partial charge in [-0.05, 0) is 0 Å². The second kappa shape index (κ2) is 3.40. The van der Waals surface area contributed by atoms with Crippen LogP contribution < -0.4 is 0 Å². The van der Waals surface area contributed by atoms with Gasteiger partial charge in [0.1, 0.15) is 0 Å². The zero-order valence-corrected chi connectivity index (χ0v) is 12.9. The van der Waals surface area contributed by atoms with E-state index in [1.807, 2.05) is 12.2 Å². The van der Waals surface area contributed by atoms with Gasteiger partial charge in [0, 0.05) is 0 Å². The minimum atomic E-state index is -3.81. The van der Waals surface area contributed by atoms with Crippen molar-refractivity contribution < 1.29 is 11.4 Å². The van der Waals surface area contributed by atoms with Gasteiger partial charge in [-0.3, -0.25) is 0 Å². The maximum atomic E-state index is 6.55. The van der Waals surface area contributed by atoms with Crippen LogP contribution in [0.3, 0.4) is 0 Å². The molecule has 0 amide bonds. The van der Waals surface area contributed by atoms with Crippen LogP contribution >= 0.6 is 27.9 Å². The first-order valence-electron chi connectivity index (χ1n) is 4.28. The summed E-state index contributed by atoms with van der Waals surface area (Å²) in [6.45, 7) is 6.45. The molecule has 0 atom stereocenters. The molecule has 0 aliphatic heterocycles. The number of hydrogen-bond donors (Lipinski definition) is 0. The predicted octanol–water partition coefficient (Wildman–Crippen LogP) is 4.82.